The zero-order valence-corrected chi connectivity index (χ0v) is 7.68. The maximum Gasteiger partial charge on any atom is 0.451 e. The molecule has 0 spiro atoms. The minimum Gasteiger partial charge on any atom is -0.320 e. The van der Waals surface area contributed by atoms with Gasteiger partial charge >= 0.3 is 16.4 Å². The van der Waals surface area contributed by atoms with Gasteiger partial charge in [0.2, 0.25) is 0 Å². The van der Waals surface area contributed by atoms with Gasteiger partial charge in [-0.15, -0.1) is 0 Å². The molecule has 0 saturated heterocycles. The molecule has 5 nitrogen and oxygen atoms in total. The van der Waals surface area contributed by atoms with Gasteiger partial charge in [0.1, 0.15) is 0 Å². The molecule has 0 aromatic heterocycles. The monoisotopic (exact) mass is 194 g/mol. The Morgan fingerprint density at radius 1 is 1.50 bits per heavy atom. The van der Waals surface area contributed by atoms with Crippen LogP contribution < -0.4 is 0 Å². The maximum absolute atomic E-state index is 10.7. The van der Waals surface area contributed by atoms with E-state index in [1.165, 1.54) is 13.8 Å². The van der Waals surface area contributed by atoms with Crippen LogP contribution in [0.5, 0.6) is 0 Å². The highest BCUT2D eigenvalue weighted by Gasteiger charge is 2.17. The molecule has 0 amide bonds. The number of carbonyl (C=O) groups excluding carboxylic acids is 1. The van der Waals surface area contributed by atoms with E-state index < -0.39 is 16.4 Å². The van der Waals surface area contributed by atoms with Gasteiger partial charge in [-0.1, -0.05) is 6.58 Å². The molecule has 0 heterocycles. The molecular weight excluding hydrogens is 184 g/mol. The van der Waals surface area contributed by atoms with Crippen LogP contribution in [-0.4, -0.2) is 21.0 Å². The van der Waals surface area contributed by atoms with Gasteiger partial charge in [0.15, 0.2) is 0 Å². The third-order valence-corrected chi connectivity index (χ3v) is 1.67. The topological polar surface area (TPSA) is 69.7 Å². The van der Waals surface area contributed by atoms with Gasteiger partial charge in [-0.25, -0.2) is 8.98 Å². The molecule has 6 heteroatoms. The third kappa shape index (κ3) is 4.09. The highest BCUT2D eigenvalue weighted by molar-refractivity contribution is 7.82. The molecule has 0 rings (SSSR count). The molecule has 0 atom stereocenters. The smallest absolute Gasteiger partial charge is 0.320 e. The third-order valence-electron chi connectivity index (χ3n) is 0.788. The van der Waals surface area contributed by atoms with Crippen molar-refractivity contribution >= 4 is 16.4 Å². The fourth-order valence-electron chi connectivity index (χ4n) is 0.332. The first-order chi connectivity index (χ1) is 5.39. The van der Waals surface area contributed by atoms with Crippen LogP contribution in [0.3, 0.4) is 0 Å². The Bertz CT molecular complexity index is 276. The second-order valence-corrected chi connectivity index (χ2v) is 3.18. The number of hydrogen-bond acceptors (Lipinski definition) is 5. The van der Waals surface area contributed by atoms with Gasteiger partial charge in [-0.2, -0.15) is 8.42 Å². The van der Waals surface area contributed by atoms with Crippen molar-refractivity contribution in [2.45, 2.75) is 13.8 Å². The molecule has 0 aliphatic heterocycles. The molecule has 0 aromatic carbocycles. The summed E-state index contributed by atoms with van der Waals surface area (Å²) < 4.78 is 29.4. The summed E-state index contributed by atoms with van der Waals surface area (Å²) >= 11 is 0. The van der Waals surface area contributed by atoms with Gasteiger partial charge in [0.25, 0.3) is 0 Å². The predicted octanol–water partition coefficient (Wildman–Crippen LogP) is 0.387. The Balaban J connectivity index is 4.26. The summed E-state index contributed by atoms with van der Waals surface area (Å²) in [6.45, 7) is 5.93. The van der Waals surface area contributed by atoms with Crippen molar-refractivity contribution in [3.05, 3.63) is 12.2 Å². The molecule has 0 aromatic rings. The minimum atomic E-state index is -4.19. The second kappa shape index (κ2) is 4.22. The first kappa shape index (κ1) is 11.1. The van der Waals surface area contributed by atoms with Crippen molar-refractivity contribution in [2.24, 2.45) is 0 Å². The zero-order chi connectivity index (χ0) is 9.78. The summed E-state index contributed by atoms with van der Waals surface area (Å²) in [6.07, 6.45) is 0. The van der Waals surface area contributed by atoms with Crippen LogP contribution in [0.15, 0.2) is 12.2 Å². The molecule has 0 saturated carbocycles. The fraction of sp³-hybridized carbons (Fsp3) is 0.500. The van der Waals surface area contributed by atoms with Crippen molar-refractivity contribution < 1.29 is 21.6 Å². The SMILES string of the molecule is C=C(C)C(=O)OS(=O)(=O)OCC. The van der Waals surface area contributed by atoms with Gasteiger partial charge in [-0.3, -0.25) is 0 Å². The largest absolute Gasteiger partial charge is 0.451 e. The lowest BCUT2D eigenvalue weighted by Gasteiger charge is -2.02. The number of carbonyl (C=O) groups is 1. The lowest BCUT2D eigenvalue weighted by molar-refractivity contribution is -0.130. The van der Waals surface area contributed by atoms with Crippen LogP contribution >= 0.6 is 0 Å². The van der Waals surface area contributed by atoms with E-state index >= 15 is 0 Å². The molecule has 0 radical (unpaired) electrons. The van der Waals surface area contributed by atoms with Crippen molar-refractivity contribution in [1.29, 1.82) is 0 Å². The predicted molar refractivity (Wildman–Crippen MR) is 41.5 cm³/mol. The number of rotatable bonds is 4. The van der Waals surface area contributed by atoms with Crippen LogP contribution in [-0.2, 0) is 23.6 Å². The normalized spacial score (nSPS) is 10.8. The van der Waals surface area contributed by atoms with E-state index in [-0.39, 0.29) is 12.2 Å². The average molecular weight is 194 g/mol. The Morgan fingerprint density at radius 3 is 2.33 bits per heavy atom. The van der Waals surface area contributed by atoms with Crippen molar-refractivity contribution in [1.82, 2.24) is 0 Å². The van der Waals surface area contributed by atoms with Gasteiger partial charge in [0, 0.05) is 5.57 Å². The Morgan fingerprint density at radius 2 is 2.00 bits per heavy atom. The van der Waals surface area contributed by atoms with E-state index in [9.17, 15) is 13.2 Å². The van der Waals surface area contributed by atoms with Gasteiger partial charge in [-0.05, 0) is 13.8 Å². The van der Waals surface area contributed by atoms with Crippen molar-refractivity contribution in [2.75, 3.05) is 6.61 Å². The molecule has 0 aliphatic rings. The van der Waals surface area contributed by atoms with Gasteiger partial charge < -0.3 is 4.18 Å². The van der Waals surface area contributed by atoms with Crippen LogP contribution in [0.25, 0.3) is 0 Å². The second-order valence-electron chi connectivity index (χ2n) is 1.97. The Labute approximate surface area is 71.3 Å². The first-order valence-electron chi connectivity index (χ1n) is 3.17. The van der Waals surface area contributed by atoms with Crippen molar-refractivity contribution in [3.8, 4) is 0 Å². The average Bonchev–Trinajstić information content (AvgIpc) is 1.85. The number of hydrogen-bond donors (Lipinski definition) is 0. The summed E-state index contributed by atoms with van der Waals surface area (Å²) in [6, 6.07) is 0. The Hall–Kier alpha value is -0.880. The van der Waals surface area contributed by atoms with Gasteiger partial charge in [0.05, 0.1) is 6.61 Å². The van der Waals surface area contributed by atoms with E-state index in [2.05, 4.69) is 14.9 Å². The van der Waals surface area contributed by atoms with Crippen LogP contribution in [0.4, 0.5) is 0 Å². The summed E-state index contributed by atoms with van der Waals surface area (Å²) in [4.78, 5) is 10.7. The molecular formula is C6H10O5S. The van der Waals surface area contributed by atoms with E-state index in [0.29, 0.717) is 0 Å². The summed E-state index contributed by atoms with van der Waals surface area (Å²) in [7, 11) is -4.19. The molecule has 0 fully saturated rings. The van der Waals surface area contributed by atoms with Crippen LogP contribution in [0.1, 0.15) is 13.8 Å². The highest BCUT2D eigenvalue weighted by atomic mass is 32.3. The van der Waals surface area contributed by atoms with E-state index in [0.717, 1.165) is 0 Å². The molecule has 12 heavy (non-hydrogen) atoms. The molecule has 0 aliphatic carbocycles. The molecule has 0 N–H and O–H groups in total. The van der Waals surface area contributed by atoms with E-state index in [4.69, 9.17) is 0 Å². The lowest BCUT2D eigenvalue weighted by Crippen LogP contribution is -2.15. The van der Waals surface area contributed by atoms with E-state index in [1.807, 2.05) is 0 Å². The zero-order valence-electron chi connectivity index (χ0n) is 6.86. The molecule has 0 unspecified atom stereocenters. The molecule has 70 valence electrons. The van der Waals surface area contributed by atoms with Crippen molar-refractivity contribution in [3.63, 3.8) is 0 Å². The fourth-order valence-corrected chi connectivity index (χ4v) is 0.997. The van der Waals surface area contributed by atoms with Crippen LogP contribution in [0, 0.1) is 0 Å². The minimum absolute atomic E-state index is 0.00159. The molecule has 0 bridgehead atoms. The lowest BCUT2D eigenvalue weighted by atomic mass is 10.4. The highest BCUT2D eigenvalue weighted by Crippen LogP contribution is 2.00. The quantitative estimate of drug-likeness (QED) is 0.605. The van der Waals surface area contributed by atoms with Crippen LogP contribution in [0.2, 0.25) is 0 Å². The first-order valence-corrected chi connectivity index (χ1v) is 4.51. The van der Waals surface area contributed by atoms with E-state index in [1.54, 1.807) is 0 Å². The maximum atomic E-state index is 10.7. The Kier molecular flexibility index (Phi) is 3.91. The summed E-state index contributed by atoms with van der Waals surface area (Å²) in [5.74, 6) is -1.01. The summed E-state index contributed by atoms with van der Waals surface area (Å²) in [5, 5.41) is 0. The standard InChI is InChI=1S/C6H10O5S/c1-4-10-12(8,9)11-6(7)5(2)3/h2,4H2,1,3H3. The summed E-state index contributed by atoms with van der Waals surface area (Å²) in [5.41, 5.74) is -0.00159.